The van der Waals surface area contributed by atoms with Crippen molar-refractivity contribution in [2.45, 2.75) is 99.8 Å². The second-order valence-electron chi connectivity index (χ2n) is 6.65. The van der Waals surface area contributed by atoms with Gasteiger partial charge in [-0.1, -0.05) is 67.0 Å². The molecule has 0 radical (unpaired) electrons. The molecule has 0 atom stereocenters. The van der Waals surface area contributed by atoms with E-state index in [-0.39, 0.29) is 0 Å². The molecule has 3 aliphatic rings. The van der Waals surface area contributed by atoms with Crippen LogP contribution in [0.5, 0.6) is 0 Å². The average Bonchev–Trinajstić information content (AvgIpc) is 2.53. The fourth-order valence-corrected chi connectivity index (χ4v) is 4.18. The van der Waals surface area contributed by atoms with E-state index in [9.17, 15) is 0 Å². The summed E-state index contributed by atoms with van der Waals surface area (Å²) in [6.45, 7) is 19.5. The van der Waals surface area contributed by atoms with Gasteiger partial charge < -0.3 is 0 Å². The Morgan fingerprint density at radius 3 is 1.60 bits per heavy atom. The highest BCUT2D eigenvalue weighted by Gasteiger charge is 2.50. The van der Waals surface area contributed by atoms with E-state index in [4.69, 9.17) is 0 Å². The Hall–Kier alpha value is -0.260. The summed E-state index contributed by atoms with van der Waals surface area (Å²) in [6.07, 6.45) is 11.2. The lowest BCUT2D eigenvalue weighted by atomic mass is 9.49. The first kappa shape index (κ1) is 19.7. The van der Waals surface area contributed by atoms with E-state index in [0.29, 0.717) is 10.8 Å². The van der Waals surface area contributed by atoms with Crippen LogP contribution in [0.25, 0.3) is 0 Å². The summed E-state index contributed by atoms with van der Waals surface area (Å²) < 4.78 is 0. The van der Waals surface area contributed by atoms with Gasteiger partial charge in [0.15, 0.2) is 0 Å². The molecule has 0 aromatic rings. The molecule has 0 heteroatoms. The van der Waals surface area contributed by atoms with Crippen molar-refractivity contribution in [2.24, 2.45) is 16.7 Å². The van der Waals surface area contributed by atoms with Crippen LogP contribution in [-0.4, -0.2) is 0 Å². The molecule has 3 saturated carbocycles. The van der Waals surface area contributed by atoms with Gasteiger partial charge in [0.2, 0.25) is 0 Å². The number of fused-ring (bicyclic) bond motifs is 3. The Morgan fingerprint density at radius 1 is 0.900 bits per heavy atom. The third-order valence-corrected chi connectivity index (χ3v) is 5.83. The molecule has 120 valence electrons. The maximum atomic E-state index is 4.40. The standard InChI is InChI=1S/C16H28.2C2H6/c1-5-6-14(4)16-10-7-15(8-11-16,9-12-16)13(2)3;2*1-2/h13H,4-12H2,1-3H3;2*1-2H3. The number of allylic oxidation sites excluding steroid dienone is 1. The van der Waals surface area contributed by atoms with Crippen LogP contribution in [0, 0.1) is 16.7 Å². The summed E-state index contributed by atoms with van der Waals surface area (Å²) in [5, 5.41) is 0. The third-order valence-electron chi connectivity index (χ3n) is 5.83. The average molecular weight is 281 g/mol. The van der Waals surface area contributed by atoms with Gasteiger partial charge in [-0.3, -0.25) is 0 Å². The van der Waals surface area contributed by atoms with Crippen LogP contribution < -0.4 is 0 Å². The van der Waals surface area contributed by atoms with Gasteiger partial charge in [0.05, 0.1) is 0 Å². The summed E-state index contributed by atoms with van der Waals surface area (Å²) in [4.78, 5) is 0. The molecule has 2 bridgehead atoms. The Morgan fingerprint density at radius 2 is 1.30 bits per heavy atom. The van der Waals surface area contributed by atoms with E-state index in [1.807, 2.05) is 27.7 Å². The van der Waals surface area contributed by atoms with Gasteiger partial charge >= 0.3 is 0 Å². The van der Waals surface area contributed by atoms with Crippen molar-refractivity contribution in [2.75, 3.05) is 0 Å². The molecule has 0 aliphatic heterocycles. The molecular formula is C20H40. The van der Waals surface area contributed by atoms with Crippen LogP contribution >= 0.6 is 0 Å². The van der Waals surface area contributed by atoms with E-state index < -0.39 is 0 Å². The Bertz CT molecular complexity index is 247. The quantitative estimate of drug-likeness (QED) is 0.471. The first-order valence-electron chi connectivity index (χ1n) is 9.23. The molecule has 0 heterocycles. The van der Waals surface area contributed by atoms with Crippen LogP contribution in [0.1, 0.15) is 99.8 Å². The van der Waals surface area contributed by atoms with Gasteiger partial charge in [-0.25, -0.2) is 0 Å². The van der Waals surface area contributed by atoms with Crippen LogP contribution in [-0.2, 0) is 0 Å². The lowest BCUT2D eigenvalue weighted by Gasteiger charge is -2.56. The van der Waals surface area contributed by atoms with E-state index in [1.165, 1.54) is 51.4 Å². The second kappa shape index (κ2) is 8.90. The second-order valence-corrected chi connectivity index (χ2v) is 6.65. The monoisotopic (exact) mass is 280 g/mol. The molecule has 0 spiro atoms. The van der Waals surface area contributed by atoms with Crippen molar-refractivity contribution in [3.05, 3.63) is 12.2 Å². The lowest BCUT2D eigenvalue weighted by Crippen LogP contribution is -2.44. The van der Waals surface area contributed by atoms with Crippen molar-refractivity contribution < 1.29 is 0 Å². The maximum Gasteiger partial charge on any atom is -0.00901 e. The molecule has 0 nitrogen and oxygen atoms in total. The molecule has 3 fully saturated rings. The summed E-state index contributed by atoms with van der Waals surface area (Å²) >= 11 is 0. The molecule has 0 aromatic heterocycles. The largest absolute Gasteiger partial charge is 0.0993 e. The van der Waals surface area contributed by atoms with Crippen LogP contribution in [0.4, 0.5) is 0 Å². The fourth-order valence-electron chi connectivity index (χ4n) is 4.18. The highest BCUT2D eigenvalue weighted by Crippen LogP contribution is 2.62. The molecular weight excluding hydrogens is 240 g/mol. The van der Waals surface area contributed by atoms with Gasteiger partial charge in [0, 0.05) is 0 Å². The van der Waals surface area contributed by atoms with Crippen molar-refractivity contribution >= 4 is 0 Å². The Kier molecular flexibility index (Phi) is 8.79. The summed E-state index contributed by atoms with van der Waals surface area (Å²) in [6, 6.07) is 0. The first-order valence-corrected chi connectivity index (χ1v) is 9.23. The first-order chi connectivity index (χ1) is 9.55. The third kappa shape index (κ3) is 3.89. The highest BCUT2D eigenvalue weighted by molar-refractivity contribution is 5.16. The summed E-state index contributed by atoms with van der Waals surface area (Å²) in [5.41, 5.74) is 2.84. The summed E-state index contributed by atoms with van der Waals surface area (Å²) in [5.74, 6) is 0.880. The minimum Gasteiger partial charge on any atom is -0.0993 e. The smallest absolute Gasteiger partial charge is 0.00901 e. The van der Waals surface area contributed by atoms with Crippen LogP contribution in [0.3, 0.4) is 0 Å². The van der Waals surface area contributed by atoms with Crippen LogP contribution in [0.15, 0.2) is 12.2 Å². The molecule has 0 saturated heterocycles. The van der Waals surface area contributed by atoms with E-state index in [0.717, 1.165) is 5.92 Å². The maximum absolute atomic E-state index is 4.40. The minimum absolute atomic E-state index is 0.562. The number of hydrogen-bond donors (Lipinski definition) is 0. The van der Waals surface area contributed by atoms with E-state index >= 15 is 0 Å². The molecule has 0 aromatic carbocycles. The molecule has 0 N–H and O–H groups in total. The predicted octanol–water partition coefficient (Wildman–Crippen LogP) is 7.39. The fraction of sp³-hybridized carbons (Fsp3) is 0.900. The van der Waals surface area contributed by atoms with Gasteiger partial charge in [-0.2, -0.15) is 0 Å². The van der Waals surface area contributed by atoms with Crippen LogP contribution in [0.2, 0.25) is 0 Å². The van der Waals surface area contributed by atoms with E-state index in [1.54, 1.807) is 5.57 Å². The zero-order valence-corrected chi connectivity index (χ0v) is 15.4. The predicted molar refractivity (Wildman–Crippen MR) is 94.2 cm³/mol. The van der Waals surface area contributed by atoms with Crippen molar-refractivity contribution in [3.8, 4) is 0 Å². The zero-order chi connectivity index (χ0) is 15.8. The molecule has 20 heavy (non-hydrogen) atoms. The lowest BCUT2D eigenvalue weighted by molar-refractivity contribution is -0.0203. The molecule has 0 unspecified atom stereocenters. The number of rotatable bonds is 4. The number of hydrogen-bond acceptors (Lipinski definition) is 0. The summed E-state index contributed by atoms with van der Waals surface area (Å²) in [7, 11) is 0. The van der Waals surface area contributed by atoms with Crippen molar-refractivity contribution in [1.29, 1.82) is 0 Å². The molecule has 3 aliphatic carbocycles. The normalized spacial score (nSPS) is 31.0. The molecule has 0 amide bonds. The van der Waals surface area contributed by atoms with Crippen molar-refractivity contribution in [3.63, 3.8) is 0 Å². The zero-order valence-electron chi connectivity index (χ0n) is 15.4. The molecule has 3 rings (SSSR count). The van der Waals surface area contributed by atoms with Crippen molar-refractivity contribution in [1.82, 2.24) is 0 Å². The topological polar surface area (TPSA) is 0 Å². The van der Waals surface area contributed by atoms with Gasteiger partial charge in [0.1, 0.15) is 0 Å². The highest BCUT2D eigenvalue weighted by atomic mass is 14.5. The van der Waals surface area contributed by atoms with Gasteiger partial charge in [-0.05, 0) is 61.7 Å². The van der Waals surface area contributed by atoms with Gasteiger partial charge in [-0.15, -0.1) is 0 Å². The SMILES string of the molecule is C=C(CCC)C12CCC(C(C)C)(CC1)CC2.CC.CC. The Labute approximate surface area is 129 Å². The van der Waals surface area contributed by atoms with E-state index in [2.05, 4.69) is 27.4 Å². The minimum atomic E-state index is 0.562. The van der Waals surface area contributed by atoms with Gasteiger partial charge in [0.25, 0.3) is 0 Å². The Balaban J connectivity index is 0.000000829.